The van der Waals surface area contributed by atoms with Crippen LogP contribution in [0.4, 0.5) is 16.2 Å². The molecule has 0 spiro atoms. The molecule has 2 aromatic carbocycles. The van der Waals surface area contributed by atoms with E-state index >= 15 is 0 Å². The number of anilines is 2. The van der Waals surface area contributed by atoms with Crippen molar-refractivity contribution in [2.45, 2.75) is 0 Å². The number of aromatic nitrogens is 3. The van der Waals surface area contributed by atoms with Gasteiger partial charge >= 0.3 is 6.03 Å². The molecule has 132 valence electrons. The lowest BCUT2D eigenvalue weighted by Crippen LogP contribution is -2.33. The quantitative estimate of drug-likeness (QED) is 0.546. The molecule has 2 aromatic heterocycles. The lowest BCUT2D eigenvalue weighted by atomic mass is 10.2. The monoisotopic (exact) mass is 375 g/mol. The lowest BCUT2D eigenvalue weighted by molar-refractivity contribution is -0.106. The molecule has 0 atom stereocenters. The second-order valence-electron chi connectivity index (χ2n) is 5.55. The van der Waals surface area contributed by atoms with Crippen molar-refractivity contribution in [2.24, 2.45) is 0 Å². The Morgan fingerprint density at radius 2 is 1.85 bits per heavy atom. The highest BCUT2D eigenvalue weighted by atomic mass is 32.1. The van der Waals surface area contributed by atoms with Crippen molar-refractivity contribution in [1.82, 2.24) is 15.0 Å². The van der Waals surface area contributed by atoms with E-state index in [1.165, 1.54) is 11.3 Å². The van der Waals surface area contributed by atoms with Crippen LogP contribution >= 0.6 is 11.3 Å². The number of nitrogens with one attached hydrogen (secondary N) is 1. The SMILES string of the molecule is O=CN(C(=O)Nc1ccc2nccnc2c1)c1cccc(-c2nccs2)c1. The van der Waals surface area contributed by atoms with Crippen molar-refractivity contribution in [2.75, 3.05) is 10.2 Å². The molecule has 7 nitrogen and oxygen atoms in total. The van der Waals surface area contributed by atoms with E-state index in [1.807, 2.05) is 11.4 Å². The average molecular weight is 375 g/mol. The molecule has 27 heavy (non-hydrogen) atoms. The van der Waals surface area contributed by atoms with Crippen molar-refractivity contribution in [3.63, 3.8) is 0 Å². The molecule has 0 saturated carbocycles. The van der Waals surface area contributed by atoms with E-state index in [1.54, 1.807) is 55.0 Å². The Labute approximate surface area is 158 Å². The van der Waals surface area contributed by atoms with Gasteiger partial charge in [-0.3, -0.25) is 14.8 Å². The standard InChI is InChI=1S/C19H13N5O2S/c25-12-24(15-3-1-2-13(10-15)18-22-8-9-27-18)19(26)23-14-4-5-16-17(11-14)21-7-6-20-16/h1-12H,(H,23,26). The zero-order valence-electron chi connectivity index (χ0n) is 13.9. The molecule has 8 heteroatoms. The molecular formula is C19H13N5O2S. The number of rotatable bonds is 4. The Balaban J connectivity index is 1.59. The minimum atomic E-state index is -0.565. The first-order valence-electron chi connectivity index (χ1n) is 8.01. The number of carbonyl (C=O) groups excluding carboxylic acids is 2. The van der Waals surface area contributed by atoms with Crippen molar-refractivity contribution in [1.29, 1.82) is 0 Å². The number of carbonyl (C=O) groups is 2. The number of urea groups is 1. The number of amides is 3. The zero-order chi connectivity index (χ0) is 18.6. The van der Waals surface area contributed by atoms with Crippen molar-refractivity contribution >= 4 is 46.2 Å². The third kappa shape index (κ3) is 3.51. The molecule has 0 radical (unpaired) electrons. The van der Waals surface area contributed by atoms with Gasteiger partial charge < -0.3 is 5.32 Å². The summed E-state index contributed by atoms with van der Waals surface area (Å²) in [6, 6.07) is 11.7. The maximum Gasteiger partial charge on any atom is 0.332 e. The van der Waals surface area contributed by atoms with Crippen molar-refractivity contribution in [3.8, 4) is 10.6 Å². The molecule has 0 aliphatic rings. The van der Waals surface area contributed by atoms with E-state index in [0.29, 0.717) is 23.3 Å². The Bertz CT molecular complexity index is 1110. The number of thiazole rings is 1. The number of benzene rings is 2. The molecule has 4 rings (SSSR count). The molecule has 1 N–H and O–H groups in total. The summed E-state index contributed by atoms with van der Waals surface area (Å²) in [5, 5.41) is 5.40. The highest BCUT2D eigenvalue weighted by Gasteiger charge is 2.16. The van der Waals surface area contributed by atoms with Gasteiger partial charge in [-0.1, -0.05) is 12.1 Å². The second kappa shape index (κ2) is 7.30. The molecule has 0 saturated heterocycles. The summed E-state index contributed by atoms with van der Waals surface area (Å²) in [4.78, 5) is 37.9. The van der Waals surface area contributed by atoms with E-state index in [-0.39, 0.29) is 0 Å². The van der Waals surface area contributed by atoms with Crippen LogP contribution in [0.15, 0.2) is 66.4 Å². The van der Waals surface area contributed by atoms with Crippen LogP contribution in [0.3, 0.4) is 0 Å². The summed E-state index contributed by atoms with van der Waals surface area (Å²) in [5.74, 6) is 0. The van der Waals surface area contributed by atoms with Gasteiger partial charge in [-0.15, -0.1) is 11.3 Å². The van der Waals surface area contributed by atoms with Gasteiger partial charge in [0.2, 0.25) is 6.41 Å². The molecule has 0 unspecified atom stereocenters. The van der Waals surface area contributed by atoms with Gasteiger partial charge in [0.15, 0.2) is 0 Å². The maximum atomic E-state index is 12.6. The number of nitrogens with zero attached hydrogens (tertiary/aromatic N) is 4. The highest BCUT2D eigenvalue weighted by molar-refractivity contribution is 7.13. The molecular weight excluding hydrogens is 362 g/mol. The Morgan fingerprint density at radius 1 is 1.00 bits per heavy atom. The van der Waals surface area contributed by atoms with Gasteiger partial charge in [-0.2, -0.15) is 0 Å². The minimum absolute atomic E-state index is 0.454. The summed E-state index contributed by atoms with van der Waals surface area (Å²) < 4.78 is 0. The van der Waals surface area contributed by atoms with Crippen molar-refractivity contribution < 1.29 is 9.59 Å². The minimum Gasteiger partial charge on any atom is -0.307 e. The number of hydrogen-bond acceptors (Lipinski definition) is 6. The van der Waals surface area contributed by atoms with Crippen LogP contribution in [0.5, 0.6) is 0 Å². The second-order valence-corrected chi connectivity index (χ2v) is 6.45. The number of hydrogen-bond donors (Lipinski definition) is 1. The number of imide groups is 1. The van der Waals surface area contributed by atoms with Gasteiger partial charge in [-0.05, 0) is 30.3 Å². The summed E-state index contributed by atoms with van der Waals surface area (Å²) in [7, 11) is 0. The number of fused-ring (bicyclic) bond motifs is 1. The molecule has 0 bridgehead atoms. The van der Waals surface area contributed by atoms with E-state index < -0.39 is 6.03 Å². The molecule has 3 amide bonds. The Kier molecular flexibility index (Phi) is 4.54. The van der Waals surface area contributed by atoms with Gasteiger partial charge in [0.1, 0.15) is 5.01 Å². The fourth-order valence-electron chi connectivity index (χ4n) is 2.61. The van der Waals surface area contributed by atoms with Crippen LogP contribution in [0.1, 0.15) is 0 Å². The largest absolute Gasteiger partial charge is 0.332 e. The van der Waals surface area contributed by atoms with Crippen molar-refractivity contribution in [3.05, 3.63) is 66.4 Å². The van der Waals surface area contributed by atoms with Gasteiger partial charge in [0, 0.05) is 35.2 Å². The van der Waals surface area contributed by atoms with Crippen LogP contribution in [-0.4, -0.2) is 27.4 Å². The van der Waals surface area contributed by atoms with Gasteiger partial charge in [-0.25, -0.2) is 14.7 Å². The lowest BCUT2D eigenvalue weighted by Gasteiger charge is -2.17. The van der Waals surface area contributed by atoms with Crippen LogP contribution in [0.25, 0.3) is 21.6 Å². The summed E-state index contributed by atoms with van der Waals surface area (Å²) in [5.41, 5.74) is 3.19. The predicted octanol–water partition coefficient (Wildman–Crippen LogP) is 3.95. The van der Waals surface area contributed by atoms with Crippen LogP contribution in [0.2, 0.25) is 0 Å². The highest BCUT2D eigenvalue weighted by Crippen LogP contribution is 2.26. The third-order valence-corrected chi connectivity index (χ3v) is 4.67. The molecule has 0 aliphatic heterocycles. The van der Waals surface area contributed by atoms with E-state index in [4.69, 9.17) is 0 Å². The molecule has 4 aromatic rings. The fraction of sp³-hybridized carbons (Fsp3) is 0. The van der Waals surface area contributed by atoms with E-state index in [9.17, 15) is 9.59 Å². The zero-order valence-corrected chi connectivity index (χ0v) is 14.8. The summed E-state index contributed by atoms with van der Waals surface area (Å²) >= 11 is 1.48. The van der Waals surface area contributed by atoms with Crippen LogP contribution < -0.4 is 10.2 Å². The first kappa shape index (κ1) is 16.8. The summed E-state index contributed by atoms with van der Waals surface area (Å²) in [6.07, 6.45) is 5.37. The summed E-state index contributed by atoms with van der Waals surface area (Å²) in [6.45, 7) is 0. The predicted molar refractivity (Wildman–Crippen MR) is 105 cm³/mol. The topological polar surface area (TPSA) is 88.1 Å². The third-order valence-electron chi connectivity index (χ3n) is 3.85. The van der Waals surface area contributed by atoms with E-state index in [2.05, 4.69) is 20.3 Å². The Morgan fingerprint density at radius 3 is 2.63 bits per heavy atom. The first-order valence-corrected chi connectivity index (χ1v) is 8.89. The van der Waals surface area contributed by atoms with E-state index in [0.717, 1.165) is 21.0 Å². The van der Waals surface area contributed by atoms with Crippen LogP contribution in [0, 0.1) is 0 Å². The first-order chi connectivity index (χ1) is 13.2. The molecule has 0 fully saturated rings. The van der Waals surface area contributed by atoms with Crippen LogP contribution in [-0.2, 0) is 4.79 Å². The maximum absolute atomic E-state index is 12.6. The normalized spacial score (nSPS) is 10.5. The van der Waals surface area contributed by atoms with Gasteiger partial charge in [0.05, 0.1) is 16.7 Å². The molecule has 0 aliphatic carbocycles. The fourth-order valence-corrected chi connectivity index (χ4v) is 3.24. The molecule has 2 heterocycles. The average Bonchev–Trinajstić information content (AvgIpc) is 3.24. The Hall–Kier alpha value is -3.65. The smallest absolute Gasteiger partial charge is 0.307 e. The van der Waals surface area contributed by atoms with Gasteiger partial charge in [0.25, 0.3) is 0 Å².